The van der Waals surface area contributed by atoms with Gasteiger partial charge in [0.2, 0.25) is 0 Å². The molecule has 3 N–H and O–H groups in total. The van der Waals surface area contributed by atoms with Gasteiger partial charge in [0, 0.05) is 24.7 Å². The van der Waals surface area contributed by atoms with Crippen LogP contribution in [0, 0.1) is 0 Å². The number of hydrogen-bond donors (Lipinski definition) is 2. The second-order valence-electron chi connectivity index (χ2n) is 4.32. The first-order valence-corrected chi connectivity index (χ1v) is 6.46. The van der Waals surface area contributed by atoms with Gasteiger partial charge >= 0.3 is 0 Å². The summed E-state index contributed by atoms with van der Waals surface area (Å²) in [5, 5.41) is 3.36. The van der Waals surface area contributed by atoms with Crippen molar-refractivity contribution in [2.75, 3.05) is 19.0 Å². The third-order valence-corrected chi connectivity index (χ3v) is 3.02. The SMILES string of the molecule is CCc1ccc(C(CN)Nc2cccc(OC)c2)o1. The molecule has 1 aromatic heterocycles. The van der Waals surface area contributed by atoms with Crippen molar-refractivity contribution in [3.63, 3.8) is 0 Å². The van der Waals surface area contributed by atoms with E-state index in [-0.39, 0.29) is 6.04 Å². The molecular weight excluding hydrogens is 240 g/mol. The van der Waals surface area contributed by atoms with Crippen LogP contribution in [0.4, 0.5) is 5.69 Å². The Morgan fingerprint density at radius 3 is 2.79 bits per heavy atom. The van der Waals surface area contributed by atoms with E-state index in [1.807, 2.05) is 36.4 Å². The van der Waals surface area contributed by atoms with Crippen molar-refractivity contribution in [2.45, 2.75) is 19.4 Å². The molecule has 4 heteroatoms. The van der Waals surface area contributed by atoms with Crippen LogP contribution < -0.4 is 15.8 Å². The zero-order valence-electron chi connectivity index (χ0n) is 11.3. The third-order valence-electron chi connectivity index (χ3n) is 3.02. The molecule has 0 amide bonds. The van der Waals surface area contributed by atoms with E-state index in [9.17, 15) is 0 Å². The summed E-state index contributed by atoms with van der Waals surface area (Å²) >= 11 is 0. The third kappa shape index (κ3) is 3.29. The smallest absolute Gasteiger partial charge is 0.127 e. The van der Waals surface area contributed by atoms with Crippen LogP contribution in [0.15, 0.2) is 40.8 Å². The Labute approximate surface area is 113 Å². The molecule has 19 heavy (non-hydrogen) atoms. The second kappa shape index (κ2) is 6.29. The highest BCUT2D eigenvalue weighted by atomic mass is 16.5. The van der Waals surface area contributed by atoms with Gasteiger partial charge in [0.05, 0.1) is 13.2 Å². The van der Waals surface area contributed by atoms with E-state index < -0.39 is 0 Å². The molecule has 0 radical (unpaired) electrons. The van der Waals surface area contributed by atoms with Gasteiger partial charge in [-0.15, -0.1) is 0 Å². The molecule has 0 saturated carbocycles. The summed E-state index contributed by atoms with van der Waals surface area (Å²) < 4.78 is 10.9. The lowest BCUT2D eigenvalue weighted by molar-refractivity contribution is 0.414. The number of furan rings is 1. The molecule has 0 saturated heterocycles. The quantitative estimate of drug-likeness (QED) is 0.838. The molecule has 102 valence electrons. The van der Waals surface area contributed by atoms with Crippen LogP contribution in [0.25, 0.3) is 0 Å². The van der Waals surface area contributed by atoms with Crippen molar-refractivity contribution in [3.8, 4) is 5.75 Å². The number of nitrogens with two attached hydrogens (primary N) is 1. The fourth-order valence-electron chi connectivity index (χ4n) is 1.93. The Morgan fingerprint density at radius 2 is 2.16 bits per heavy atom. The van der Waals surface area contributed by atoms with Crippen LogP contribution in [0.1, 0.15) is 24.5 Å². The van der Waals surface area contributed by atoms with Crippen LogP contribution in [-0.4, -0.2) is 13.7 Å². The number of aryl methyl sites for hydroxylation is 1. The van der Waals surface area contributed by atoms with Crippen LogP contribution in [0.2, 0.25) is 0 Å². The van der Waals surface area contributed by atoms with E-state index >= 15 is 0 Å². The molecule has 0 aliphatic carbocycles. The first-order valence-electron chi connectivity index (χ1n) is 6.46. The molecule has 0 bridgehead atoms. The first-order chi connectivity index (χ1) is 9.26. The summed E-state index contributed by atoms with van der Waals surface area (Å²) in [5.41, 5.74) is 6.78. The topological polar surface area (TPSA) is 60.4 Å². The standard InChI is InChI=1S/C15H20N2O2/c1-3-12-7-8-15(19-12)14(10-16)17-11-5-4-6-13(9-11)18-2/h4-9,14,17H,3,10,16H2,1-2H3. The molecule has 0 spiro atoms. The zero-order valence-corrected chi connectivity index (χ0v) is 11.3. The molecular formula is C15H20N2O2. The summed E-state index contributed by atoms with van der Waals surface area (Å²) in [6.07, 6.45) is 0.885. The predicted octanol–water partition coefficient (Wildman–Crippen LogP) is 2.96. The summed E-state index contributed by atoms with van der Waals surface area (Å²) in [6, 6.07) is 11.7. The number of rotatable bonds is 6. The van der Waals surface area contributed by atoms with E-state index in [0.717, 1.165) is 29.4 Å². The monoisotopic (exact) mass is 260 g/mol. The van der Waals surface area contributed by atoms with E-state index in [4.69, 9.17) is 14.9 Å². The molecule has 2 rings (SSSR count). The predicted molar refractivity (Wildman–Crippen MR) is 76.5 cm³/mol. The molecule has 2 aromatic rings. The fraction of sp³-hybridized carbons (Fsp3) is 0.333. The van der Waals surface area contributed by atoms with Crippen molar-refractivity contribution < 1.29 is 9.15 Å². The van der Waals surface area contributed by atoms with E-state index in [0.29, 0.717) is 6.54 Å². The average Bonchev–Trinajstić information content (AvgIpc) is 2.93. The van der Waals surface area contributed by atoms with Gasteiger partial charge in [-0.25, -0.2) is 0 Å². The number of hydrogen-bond acceptors (Lipinski definition) is 4. The maximum atomic E-state index is 5.82. The summed E-state index contributed by atoms with van der Waals surface area (Å²) in [7, 11) is 1.65. The normalized spacial score (nSPS) is 12.2. The van der Waals surface area contributed by atoms with Crippen molar-refractivity contribution in [1.82, 2.24) is 0 Å². The molecule has 1 unspecified atom stereocenters. The van der Waals surface area contributed by atoms with Gasteiger partial charge in [0.25, 0.3) is 0 Å². The molecule has 0 aliphatic heterocycles. The Balaban J connectivity index is 2.13. The molecule has 0 aliphatic rings. The number of nitrogens with one attached hydrogen (secondary N) is 1. The van der Waals surface area contributed by atoms with Gasteiger partial charge < -0.3 is 20.2 Å². The van der Waals surface area contributed by atoms with Crippen LogP contribution in [0.5, 0.6) is 5.75 Å². The number of anilines is 1. The lowest BCUT2D eigenvalue weighted by atomic mass is 10.2. The Bertz CT molecular complexity index is 522. The lowest BCUT2D eigenvalue weighted by Crippen LogP contribution is -2.20. The highest BCUT2D eigenvalue weighted by molar-refractivity contribution is 5.49. The molecule has 1 heterocycles. The van der Waals surface area contributed by atoms with Crippen LogP contribution in [0.3, 0.4) is 0 Å². The molecule has 4 nitrogen and oxygen atoms in total. The lowest BCUT2D eigenvalue weighted by Gasteiger charge is -2.16. The van der Waals surface area contributed by atoms with Gasteiger partial charge in [-0.1, -0.05) is 13.0 Å². The first kappa shape index (κ1) is 13.5. The van der Waals surface area contributed by atoms with Gasteiger partial charge in [-0.3, -0.25) is 0 Å². The highest BCUT2D eigenvalue weighted by Crippen LogP contribution is 2.23. The minimum Gasteiger partial charge on any atom is -0.497 e. The Kier molecular flexibility index (Phi) is 4.47. The van der Waals surface area contributed by atoms with Crippen molar-refractivity contribution >= 4 is 5.69 Å². The van der Waals surface area contributed by atoms with Crippen LogP contribution in [-0.2, 0) is 6.42 Å². The average molecular weight is 260 g/mol. The van der Waals surface area contributed by atoms with Gasteiger partial charge in [-0.05, 0) is 24.3 Å². The summed E-state index contributed by atoms with van der Waals surface area (Å²) in [6.45, 7) is 2.53. The fourth-order valence-corrected chi connectivity index (χ4v) is 1.93. The molecule has 1 aromatic carbocycles. The second-order valence-corrected chi connectivity index (χ2v) is 4.32. The largest absolute Gasteiger partial charge is 0.497 e. The van der Waals surface area contributed by atoms with E-state index in [1.165, 1.54) is 0 Å². The van der Waals surface area contributed by atoms with Gasteiger partial charge in [0.15, 0.2) is 0 Å². The summed E-state index contributed by atoms with van der Waals surface area (Å²) in [4.78, 5) is 0. The molecule has 1 atom stereocenters. The van der Waals surface area contributed by atoms with Crippen molar-refractivity contribution in [3.05, 3.63) is 47.9 Å². The van der Waals surface area contributed by atoms with Crippen LogP contribution >= 0.6 is 0 Å². The number of ether oxygens (including phenoxy) is 1. The Hall–Kier alpha value is -1.94. The molecule has 0 fully saturated rings. The van der Waals surface area contributed by atoms with Gasteiger partial charge in [0.1, 0.15) is 17.3 Å². The number of methoxy groups -OCH3 is 1. The number of benzene rings is 1. The van der Waals surface area contributed by atoms with Crippen molar-refractivity contribution in [2.24, 2.45) is 5.73 Å². The maximum absolute atomic E-state index is 5.82. The minimum absolute atomic E-state index is 0.0348. The summed E-state index contributed by atoms with van der Waals surface area (Å²) in [5.74, 6) is 2.65. The van der Waals surface area contributed by atoms with Crippen molar-refractivity contribution in [1.29, 1.82) is 0 Å². The maximum Gasteiger partial charge on any atom is 0.127 e. The van der Waals surface area contributed by atoms with Gasteiger partial charge in [-0.2, -0.15) is 0 Å². The highest BCUT2D eigenvalue weighted by Gasteiger charge is 2.13. The zero-order chi connectivity index (χ0) is 13.7. The van der Waals surface area contributed by atoms with E-state index in [1.54, 1.807) is 7.11 Å². The minimum atomic E-state index is -0.0348. The Morgan fingerprint density at radius 1 is 1.32 bits per heavy atom. The van der Waals surface area contributed by atoms with E-state index in [2.05, 4.69) is 12.2 Å².